The van der Waals surface area contributed by atoms with E-state index in [-0.39, 0.29) is 5.92 Å². The predicted octanol–water partition coefficient (Wildman–Crippen LogP) is 2.62. The second-order valence-corrected chi connectivity index (χ2v) is 5.95. The molecule has 1 atom stereocenters. The van der Waals surface area contributed by atoms with Crippen LogP contribution < -0.4 is 10.6 Å². The number of nitrogens with one attached hydrogen (secondary N) is 2. The highest BCUT2D eigenvalue weighted by atomic mass is 19.4. The van der Waals surface area contributed by atoms with Crippen LogP contribution >= 0.6 is 0 Å². The molecule has 0 aromatic heterocycles. The Hall–Kier alpha value is -0.980. The molecular weight excluding hydrogens is 293 g/mol. The SMILES string of the molecule is CCCCCCNC(=NC)NCC1CCN(CC(F)(F)F)C1. The van der Waals surface area contributed by atoms with Crippen LogP contribution in [0.25, 0.3) is 0 Å². The van der Waals surface area contributed by atoms with Gasteiger partial charge in [-0.2, -0.15) is 13.2 Å². The summed E-state index contributed by atoms with van der Waals surface area (Å²) in [6, 6.07) is 0. The summed E-state index contributed by atoms with van der Waals surface area (Å²) in [5.41, 5.74) is 0. The third-order valence-corrected chi connectivity index (χ3v) is 3.88. The summed E-state index contributed by atoms with van der Waals surface area (Å²) in [6.07, 6.45) is 1.47. The van der Waals surface area contributed by atoms with Gasteiger partial charge in [-0.1, -0.05) is 26.2 Å². The van der Waals surface area contributed by atoms with Crippen molar-refractivity contribution in [2.24, 2.45) is 10.9 Å². The first-order valence-corrected chi connectivity index (χ1v) is 8.18. The lowest BCUT2D eigenvalue weighted by Gasteiger charge is -2.18. The van der Waals surface area contributed by atoms with Gasteiger partial charge < -0.3 is 10.6 Å². The summed E-state index contributed by atoms with van der Waals surface area (Å²) in [5.74, 6) is 0.992. The van der Waals surface area contributed by atoms with Gasteiger partial charge >= 0.3 is 6.18 Å². The minimum Gasteiger partial charge on any atom is -0.356 e. The minimum absolute atomic E-state index is 0.251. The van der Waals surface area contributed by atoms with Crippen LogP contribution in [-0.4, -0.2) is 56.8 Å². The molecule has 1 heterocycles. The Kier molecular flexibility index (Phi) is 8.60. The Morgan fingerprint density at radius 2 is 2.00 bits per heavy atom. The zero-order valence-electron chi connectivity index (χ0n) is 13.7. The monoisotopic (exact) mass is 322 g/mol. The van der Waals surface area contributed by atoms with Gasteiger partial charge in [-0.05, 0) is 25.3 Å². The van der Waals surface area contributed by atoms with E-state index < -0.39 is 12.7 Å². The molecule has 130 valence electrons. The van der Waals surface area contributed by atoms with E-state index in [0.29, 0.717) is 19.6 Å². The lowest BCUT2D eigenvalue weighted by atomic mass is 10.1. The third-order valence-electron chi connectivity index (χ3n) is 3.88. The summed E-state index contributed by atoms with van der Waals surface area (Å²) in [4.78, 5) is 5.63. The molecule has 0 spiro atoms. The standard InChI is InChI=1S/C15H29F3N4/c1-3-4-5-6-8-20-14(19-2)21-10-13-7-9-22(11-13)12-15(16,17)18/h13H,3-12H2,1-2H3,(H2,19,20,21). The molecule has 0 saturated carbocycles. The zero-order valence-corrected chi connectivity index (χ0v) is 13.7. The van der Waals surface area contributed by atoms with E-state index in [1.807, 2.05) is 0 Å². The van der Waals surface area contributed by atoms with Gasteiger partial charge in [-0.3, -0.25) is 9.89 Å². The number of halogens is 3. The lowest BCUT2D eigenvalue weighted by Crippen LogP contribution is -2.41. The van der Waals surface area contributed by atoms with E-state index in [1.165, 1.54) is 24.2 Å². The molecule has 0 aliphatic carbocycles. The van der Waals surface area contributed by atoms with Crippen molar-refractivity contribution in [3.63, 3.8) is 0 Å². The summed E-state index contributed by atoms with van der Waals surface area (Å²) in [6.45, 7) is 3.95. The van der Waals surface area contributed by atoms with Crippen LogP contribution in [0.2, 0.25) is 0 Å². The summed E-state index contributed by atoms with van der Waals surface area (Å²) >= 11 is 0. The highest BCUT2D eigenvalue weighted by molar-refractivity contribution is 5.79. The van der Waals surface area contributed by atoms with Crippen molar-refractivity contribution in [1.82, 2.24) is 15.5 Å². The quantitative estimate of drug-likeness (QED) is 0.410. The molecule has 1 unspecified atom stereocenters. The summed E-state index contributed by atoms with van der Waals surface area (Å²) in [5, 5.41) is 6.46. The van der Waals surface area contributed by atoms with Crippen molar-refractivity contribution in [3.8, 4) is 0 Å². The van der Waals surface area contributed by atoms with E-state index in [1.54, 1.807) is 7.05 Å². The van der Waals surface area contributed by atoms with E-state index >= 15 is 0 Å². The highest BCUT2D eigenvalue weighted by Gasteiger charge is 2.34. The van der Waals surface area contributed by atoms with Crippen molar-refractivity contribution in [2.75, 3.05) is 39.8 Å². The van der Waals surface area contributed by atoms with Gasteiger partial charge in [0.1, 0.15) is 0 Å². The second kappa shape index (κ2) is 9.92. The number of likely N-dealkylation sites (tertiary alicyclic amines) is 1. The molecule has 0 amide bonds. The van der Waals surface area contributed by atoms with Crippen LogP contribution in [-0.2, 0) is 0 Å². The van der Waals surface area contributed by atoms with Crippen LogP contribution in [0.4, 0.5) is 13.2 Å². The number of unbranched alkanes of at least 4 members (excludes halogenated alkanes) is 3. The molecule has 2 N–H and O–H groups in total. The molecule has 1 aliphatic heterocycles. The molecule has 0 radical (unpaired) electrons. The molecule has 0 bridgehead atoms. The number of alkyl halides is 3. The number of hydrogen-bond acceptors (Lipinski definition) is 2. The maximum atomic E-state index is 12.3. The summed E-state index contributed by atoms with van der Waals surface area (Å²) in [7, 11) is 1.71. The normalized spacial score (nSPS) is 20.4. The minimum atomic E-state index is -4.10. The average molecular weight is 322 g/mol. The van der Waals surface area contributed by atoms with Crippen LogP contribution in [0.3, 0.4) is 0 Å². The van der Waals surface area contributed by atoms with E-state index in [4.69, 9.17) is 0 Å². The van der Waals surface area contributed by atoms with Crippen molar-refractivity contribution in [1.29, 1.82) is 0 Å². The number of guanidine groups is 1. The van der Waals surface area contributed by atoms with Crippen LogP contribution in [0.1, 0.15) is 39.0 Å². The maximum Gasteiger partial charge on any atom is 0.401 e. The van der Waals surface area contributed by atoms with Gasteiger partial charge in [-0.25, -0.2) is 0 Å². The highest BCUT2D eigenvalue weighted by Crippen LogP contribution is 2.22. The van der Waals surface area contributed by atoms with Crippen molar-refractivity contribution >= 4 is 5.96 Å². The van der Waals surface area contributed by atoms with Crippen LogP contribution in [0, 0.1) is 5.92 Å². The average Bonchev–Trinajstić information content (AvgIpc) is 2.87. The number of rotatable bonds is 8. The third kappa shape index (κ3) is 8.46. The Balaban J connectivity index is 2.16. The lowest BCUT2D eigenvalue weighted by molar-refractivity contribution is -0.143. The molecule has 7 heteroatoms. The van der Waals surface area contributed by atoms with Gasteiger partial charge in [0.2, 0.25) is 0 Å². The molecule has 4 nitrogen and oxygen atoms in total. The maximum absolute atomic E-state index is 12.3. The molecule has 0 aromatic carbocycles. The first kappa shape index (κ1) is 19.1. The van der Waals surface area contributed by atoms with Crippen molar-refractivity contribution in [2.45, 2.75) is 45.2 Å². The molecule has 1 saturated heterocycles. The van der Waals surface area contributed by atoms with Gasteiger partial charge in [0.05, 0.1) is 6.54 Å². The number of aliphatic imine (C=N–C) groups is 1. The fraction of sp³-hybridized carbons (Fsp3) is 0.933. The first-order chi connectivity index (χ1) is 10.4. The smallest absolute Gasteiger partial charge is 0.356 e. The van der Waals surface area contributed by atoms with E-state index in [0.717, 1.165) is 25.3 Å². The Morgan fingerprint density at radius 3 is 2.64 bits per heavy atom. The number of hydrogen-bond donors (Lipinski definition) is 2. The van der Waals surface area contributed by atoms with Gasteiger partial charge in [0, 0.05) is 26.7 Å². The zero-order chi connectivity index (χ0) is 16.4. The molecular formula is C15H29F3N4. The Labute approximate surface area is 131 Å². The fourth-order valence-electron chi connectivity index (χ4n) is 2.70. The predicted molar refractivity (Wildman–Crippen MR) is 84.1 cm³/mol. The van der Waals surface area contributed by atoms with Crippen LogP contribution in [0.15, 0.2) is 4.99 Å². The van der Waals surface area contributed by atoms with Gasteiger partial charge in [0.25, 0.3) is 0 Å². The van der Waals surface area contributed by atoms with E-state index in [9.17, 15) is 13.2 Å². The van der Waals surface area contributed by atoms with Crippen molar-refractivity contribution < 1.29 is 13.2 Å². The molecule has 1 rings (SSSR count). The Bertz CT molecular complexity index is 331. The van der Waals surface area contributed by atoms with Gasteiger partial charge in [-0.15, -0.1) is 0 Å². The molecule has 1 fully saturated rings. The molecule has 0 aromatic rings. The van der Waals surface area contributed by atoms with Gasteiger partial charge in [0.15, 0.2) is 5.96 Å². The molecule has 22 heavy (non-hydrogen) atoms. The second-order valence-electron chi connectivity index (χ2n) is 5.95. The van der Waals surface area contributed by atoms with E-state index in [2.05, 4.69) is 22.5 Å². The molecule has 1 aliphatic rings. The van der Waals surface area contributed by atoms with Crippen LogP contribution in [0.5, 0.6) is 0 Å². The Morgan fingerprint density at radius 1 is 1.23 bits per heavy atom. The summed E-state index contributed by atoms with van der Waals surface area (Å²) < 4.78 is 37.0. The topological polar surface area (TPSA) is 39.7 Å². The number of nitrogens with zero attached hydrogens (tertiary/aromatic N) is 2. The van der Waals surface area contributed by atoms with Crippen molar-refractivity contribution in [3.05, 3.63) is 0 Å². The first-order valence-electron chi connectivity index (χ1n) is 8.18. The fourth-order valence-corrected chi connectivity index (χ4v) is 2.70. The largest absolute Gasteiger partial charge is 0.401 e.